The molecule has 0 saturated carbocycles. The lowest BCUT2D eigenvalue weighted by atomic mass is 9.89. The van der Waals surface area contributed by atoms with Crippen molar-refractivity contribution in [2.75, 3.05) is 26.7 Å². The van der Waals surface area contributed by atoms with Crippen molar-refractivity contribution in [3.05, 3.63) is 0 Å². The zero-order valence-electron chi connectivity index (χ0n) is 10.4. The van der Waals surface area contributed by atoms with Gasteiger partial charge in [0, 0.05) is 24.9 Å². The second-order valence-electron chi connectivity index (χ2n) is 5.42. The van der Waals surface area contributed by atoms with Crippen LogP contribution in [0.5, 0.6) is 0 Å². The molecule has 2 atom stereocenters. The minimum Gasteiger partial charge on any atom is -0.314 e. The van der Waals surface area contributed by atoms with E-state index in [9.17, 15) is 4.79 Å². The van der Waals surface area contributed by atoms with Crippen molar-refractivity contribution in [2.24, 2.45) is 5.92 Å². The molecule has 1 N–H and O–H groups in total. The standard InChI is InChI=1S/C13H24N2O/c1-15-8-4-5-11(10-15)13(16)9-12-6-2-3-7-14-12/h11-12,14H,2-10H2,1H3. The molecular formula is C13H24N2O. The fourth-order valence-electron chi connectivity index (χ4n) is 2.94. The highest BCUT2D eigenvalue weighted by Gasteiger charge is 2.26. The summed E-state index contributed by atoms with van der Waals surface area (Å²) in [6.07, 6.45) is 6.81. The fourth-order valence-corrected chi connectivity index (χ4v) is 2.94. The Balaban J connectivity index is 1.77. The molecule has 2 heterocycles. The van der Waals surface area contributed by atoms with Crippen molar-refractivity contribution in [2.45, 2.75) is 44.6 Å². The summed E-state index contributed by atoms with van der Waals surface area (Å²) in [4.78, 5) is 14.4. The minimum atomic E-state index is 0.308. The second-order valence-corrected chi connectivity index (χ2v) is 5.42. The normalized spacial score (nSPS) is 32.6. The van der Waals surface area contributed by atoms with E-state index in [-0.39, 0.29) is 0 Å². The first-order chi connectivity index (χ1) is 7.75. The lowest BCUT2D eigenvalue weighted by Gasteiger charge is -2.30. The van der Waals surface area contributed by atoms with E-state index >= 15 is 0 Å². The van der Waals surface area contributed by atoms with Crippen LogP contribution in [0.15, 0.2) is 0 Å². The number of hydrogen-bond donors (Lipinski definition) is 1. The van der Waals surface area contributed by atoms with Crippen LogP contribution >= 0.6 is 0 Å². The largest absolute Gasteiger partial charge is 0.314 e. The number of nitrogens with zero attached hydrogens (tertiary/aromatic N) is 1. The molecule has 2 aliphatic heterocycles. The highest BCUT2D eigenvalue weighted by molar-refractivity contribution is 5.81. The third-order valence-corrected chi connectivity index (χ3v) is 3.94. The summed E-state index contributed by atoms with van der Waals surface area (Å²) >= 11 is 0. The first-order valence-electron chi connectivity index (χ1n) is 6.70. The second kappa shape index (κ2) is 5.78. The summed E-state index contributed by atoms with van der Waals surface area (Å²) in [5.74, 6) is 0.799. The Kier molecular flexibility index (Phi) is 4.36. The first-order valence-corrected chi connectivity index (χ1v) is 6.70. The van der Waals surface area contributed by atoms with E-state index < -0.39 is 0 Å². The van der Waals surface area contributed by atoms with Gasteiger partial charge in [0.25, 0.3) is 0 Å². The molecule has 0 aromatic rings. The van der Waals surface area contributed by atoms with Gasteiger partial charge < -0.3 is 10.2 Å². The van der Waals surface area contributed by atoms with Crippen molar-refractivity contribution in [3.8, 4) is 0 Å². The van der Waals surface area contributed by atoms with Crippen molar-refractivity contribution in [1.29, 1.82) is 0 Å². The number of rotatable bonds is 3. The molecule has 2 unspecified atom stereocenters. The van der Waals surface area contributed by atoms with E-state index in [1.54, 1.807) is 0 Å². The highest BCUT2D eigenvalue weighted by atomic mass is 16.1. The summed E-state index contributed by atoms with van der Waals surface area (Å²) < 4.78 is 0. The van der Waals surface area contributed by atoms with Crippen LogP contribution in [-0.2, 0) is 4.79 Å². The topological polar surface area (TPSA) is 32.3 Å². The van der Waals surface area contributed by atoms with Crippen LogP contribution in [0.3, 0.4) is 0 Å². The van der Waals surface area contributed by atoms with Gasteiger partial charge >= 0.3 is 0 Å². The van der Waals surface area contributed by atoms with Crippen LogP contribution in [0.1, 0.15) is 38.5 Å². The maximum absolute atomic E-state index is 12.1. The molecule has 92 valence electrons. The Hall–Kier alpha value is -0.410. The number of piperidine rings is 2. The van der Waals surface area contributed by atoms with Gasteiger partial charge in [-0.3, -0.25) is 4.79 Å². The van der Waals surface area contributed by atoms with Crippen LogP contribution in [0.2, 0.25) is 0 Å². The van der Waals surface area contributed by atoms with E-state index in [0.29, 0.717) is 17.7 Å². The van der Waals surface area contributed by atoms with Crippen molar-refractivity contribution >= 4 is 5.78 Å². The minimum absolute atomic E-state index is 0.308. The van der Waals surface area contributed by atoms with Crippen molar-refractivity contribution in [3.63, 3.8) is 0 Å². The summed E-state index contributed by atoms with van der Waals surface area (Å²) in [7, 11) is 2.12. The number of likely N-dealkylation sites (tertiary alicyclic amines) is 1. The molecule has 2 aliphatic rings. The molecule has 3 heteroatoms. The average molecular weight is 224 g/mol. The summed E-state index contributed by atoms with van der Waals surface area (Å²) in [5, 5.41) is 3.47. The van der Waals surface area contributed by atoms with Crippen LogP contribution in [-0.4, -0.2) is 43.4 Å². The molecule has 0 radical (unpaired) electrons. The third kappa shape index (κ3) is 3.29. The van der Waals surface area contributed by atoms with E-state index in [4.69, 9.17) is 0 Å². The predicted octanol–water partition coefficient (Wildman–Crippen LogP) is 1.43. The lowest BCUT2D eigenvalue weighted by molar-refractivity contribution is -0.125. The zero-order chi connectivity index (χ0) is 11.4. The van der Waals surface area contributed by atoms with Gasteiger partial charge in [0.05, 0.1) is 0 Å². The van der Waals surface area contributed by atoms with Gasteiger partial charge in [-0.25, -0.2) is 0 Å². The van der Waals surface area contributed by atoms with Gasteiger partial charge in [-0.2, -0.15) is 0 Å². The summed E-state index contributed by atoms with van der Waals surface area (Å²) in [6, 6.07) is 0.466. The molecule has 0 aromatic carbocycles. The predicted molar refractivity (Wildman–Crippen MR) is 65.5 cm³/mol. The zero-order valence-corrected chi connectivity index (χ0v) is 10.4. The molecule has 0 amide bonds. The molecule has 0 aliphatic carbocycles. The Morgan fingerprint density at radius 1 is 1.31 bits per heavy atom. The van der Waals surface area contributed by atoms with Gasteiger partial charge in [-0.15, -0.1) is 0 Å². The number of Topliss-reactive ketones (excluding diaryl/α,β-unsaturated/α-hetero) is 1. The first kappa shape index (κ1) is 12.1. The quantitative estimate of drug-likeness (QED) is 0.787. The van der Waals surface area contributed by atoms with Gasteiger partial charge in [0.15, 0.2) is 0 Å². The van der Waals surface area contributed by atoms with Gasteiger partial charge in [0.1, 0.15) is 5.78 Å². The maximum Gasteiger partial charge on any atom is 0.138 e. The van der Waals surface area contributed by atoms with Crippen LogP contribution in [0, 0.1) is 5.92 Å². The Bertz CT molecular complexity index is 236. The number of carbonyl (C=O) groups excluding carboxylic acids is 1. The lowest BCUT2D eigenvalue weighted by Crippen LogP contribution is -2.40. The third-order valence-electron chi connectivity index (χ3n) is 3.94. The fraction of sp³-hybridized carbons (Fsp3) is 0.923. The smallest absolute Gasteiger partial charge is 0.138 e. The summed E-state index contributed by atoms with van der Waals surface area (Å²) in [6.45, 7) is 3.24. The van der Waals surface area contributed by atoms with E-state index in [2.05, 4.69) is 17.3 Å². The SMILES string of the molecule is CN1CCCC(C(=O)CC2CCCCN2)C1. The molecule has 16 heavy (non-hydrogen) atoms. The maximum atomic E-state index is 12.1. The molecule has 0 aromatic heterocycles. The number of hydrogen-bond acceptors (Lipinski definition) is 3. The molecule has 2 rings (SSSR count). The molecule has 0 spiro atoms. The Labute approximate surface area is 98.6 Å². The van der Waals surface area contributed by atoms with E-state index in [0.717, 1.165) is 32.5 Å². The molecule has 0 bridgehead atoms. The van der Waals surface area contributed by atoms with Crippen LogP contribution < -0.4 is 5.32 Å². The molecule has 2 saturated heterocycles. The monoisotopic (exact) mass is 224 g/mol. The van der Waals surface area contributed by atoms with Crippen molar-refractivity contribution in [1.82, 2.24) is 10.2 Å². The van der Waals surface area contributed by atoms with Gasteiger partial charge in [0.2, 0.25) is 0 Å². The van der Waals surface area contributed by atoms with Crippen LogP contribution in [0.4, 0.5) is 0 Å². The molecule has 2 fully saturated rings. The molecular weight excluding hydrogens is 200 g/mol. The Morgan fingerprint density at radius 2 is 2.19 bits per heavy atom. The molecule has 3 nitrogen and oxygen atoms in total. The number of nitrogens with one attached hydrogen (secondary N) is 1. The Morgan fingerprint density at radius 3 is 2.88 bits per heavy atom. The highest BCUT2D eigenvalue weighted by Crippen LogP contribution is 2.20. The number of carbonyl (C=O) groups is 1. The van der Waals surface area contributed by atoms with Crippen LogP contribution in [0.25, 0.3) is 0 Å². The average Bonchev–Trinajstić information content (AvgIpc) is 2.30. The van der Waals surface area contributed by atoms with Gasteiger partial charge in [-0.1, -0.05) is 6.42 Å². The number of ketones is 1. The van der Waals surface area contributed by atoms with E-state index in [1.165, 1.54) is 25.7 Å². The van der Waals surface area contributed by atoms with E-state index in [1.807, 2.05) is 0 Å². The van der Waals surface area contributed by atoms with Crippen molar-refractivity contribution < 1.29 is 4.79 Å². The summed E-state index contributed by atoms with van der Waals surface area (Å²) in [5.41, 5.74) is 0. The van der Waals surface area contributed by atoms with Gasteiger partial charge in [-0.05, 0) is 45.8 Å².